The molecule has 25 heavy (non-hydrogen) atoms. The third kappa shape index (κ3) is 4.45. The molecule has 0 aliphatic carbocycles. The number of rotatable bonds is 4. The lowest BCUT2D eigenvalue weighted by atomic mass is 10.0. The first-order chi connectivity index (χ1) is 12.0. The van der Waals surface area contributed by atoms with Crippen LogP contribution in [0.25, 0.3) is 11.3 Å². The maximum absolute atomic E-state index is 13.1. The summed E-state index contributed by atoms with van der Waals surface area (Å²) in [7, 11) is 3.96. The van der Waals surface area contributed by atoms with E-state index >= 15 is 0 Å². The zero-order valence-electron chi connectivity index (χ0n) is 14.9. The molecule has 0 saturated carbocycles. The van der Waals surface area contributed by atoms with Crippen LogP contribution in [0.2, 0.25) is 0 Å². The second kappa shape index (κ2) is 7.78. The minimum Gasteiger partial charge on any atom is -0.341 e. The van der Waals surface area contributed by atoms with Gasteiger partial charge in [-0.05, 0) is 56.3 Å². The number of aryl methyl sites for hydroxylation is 2. The molecule has 0 radical (unpaired) electrons. The number of hydrogen-bond acceptors (Lipinski definition) is 3. The van der Waals surface area contributed by atoms with Gasteiger partial charge >= 0.3 is 0 Å². The minimum absolute atomic E-state index is 0.198. The van der Waals surface area contributed by atoms with Crippen LogP contribution in [0.1, 0.15) is 18.4 Å². The topological polar surface area (TPSA) is 41.4 Å². The van der Waals surface area contributed by atoms with Gasteiger partial charge < -0.3 is 9.80 Å². The van der Waals surface area contributed by atoms with Crippen LogP contribution in [0, 0.1) is 5.82 Å². The highest BCUT2D eigenvalue weighted by atomic mass is 19.1. The van der Waals surface area contributed by atoms with Crippen LogP contribution in [0.4, 0.5) is 4.39 Å². The summed E-state index contributed by atoms with van der Waals surface area (Å²) < 4.78 is 14.9. The van der Waals surface area contributed by atoms with Gasteiger partial charge in [-0.25, -0.2) is 4.39 Å². The zero-order chi connectivity index (χ0) is 17.8. The average Bonchev–Trinajstić information content (AvgIpc) is 2.82. The van der Waals surface area contributed by atoms with Crippen molar-refractivity contribution < 1.29 is 9.18 Å². The Labute approximate surface area is 148 Å². The van der Waals surface area contributed by atoms with Crippen LogP contribution in [-0.4, -0.2) is 58.7 Å². The van der Waals surface area contributed by atoms with E-state index in [-0.39, 0.29) is 11.7 Å². The van der Waals surface area contributed by atoms with E-state index in [1.54, 1.807) is 16.8 Å². The number of nitrogens with zero attached hydrogens (tertiary/aromatic N) is 4. The van der Waals surface area contributed by atoms with Crippen LogP contribution >= 0.6 is 0 Å². The van der Waals surface area contributed by atoms with E-state index < -0.39 is 0 Å². The summed E-state index contributed by atoms with van der Waals surface area (Å²) in [5.41, 5.74) is 2.72. The highest BCUT2D eigenvalue weighted by molar-refractivity contribution is 5.77. The SMILES string of the molecule is CN1CCCN(C(=O)CCc2cn(C)nc2-c2ccc(F)cc2)CC1. The molecule has 1 aromatic heterocycles. The molecule has 5 nitrogen and oxygen atoms in total. The Kier molecular flexibility index (Phi) is 5.48. The minimum atomic E-state index is -0.262. The summed E-state index contributed by atoms with van der Waals surface area (Å²) in [6, 6.07) is 6.33. The molecule has 1 aromatic carbocycles. The summed E-state index contributed by atoms with van der Waals surface area (Å²) in [6.07, 6.45) is 4.09. The molecule has 0 unspecified atom stereocenters. The predicted octanol–water partition coefficient (Wildman–Crippen LogP) is 2.32. The first-order valence-corrected chi connectivity index (χ1v) is 8.78. The van der Waals surface area contributed by atoms with Crippen molar-refractivity contribution in [2.75, 3.05) is 33.2 Å². The average molecular weight is 344 g/mol. The molecule has 0 N–H and O–H groups in total. The summed E-state index contributed by atoms with van der Waals surface area (Å²) in [5, 5.41) is 4.49. The number of likely N-dealkylation sites (N-methyl/N-ethyl adjacent to an activating group) is 1. The van der Waals surface area contributed by atoms with Crippen LogP contribution in [-0.2, 0) is 18.3 Å². The summed E-state index contributed by atoms with van der Waals surface area (Å²) in [5.74, 6) is -0.0632. The van der Waals surface area contributed by atoms with Crippen LogP contribution < -0.4 is 0 Å². The maximum Gasteiger partial charge on any atom is 0.222 e. The molecule has 2 aromatic rings. The quantitative estimate of drug-likeness (QED) is 0.855. The van der Waals surface area contributed by atoms with E-state index in [9.17, 15) is 9.18 Å². The van der Waals surface area contributed by atoms with Crippen LogP contribution in [0.5, 0.6) is 0 Å². The molecule has 3 rings (SSSR count). The summed E-state index contributed by atoms with van der Waals surface area (Å²) >= 11 is 0. The highest BCUT2D eigenvalue weighted by Gasteiger charge is 2.18. The zero-order valence-corrected chi connectivity index (χ0v) is 14.9. The Balaban J connectivity index is 1.67. The molecule has 1 aliphatic rings. The smallest absolute Gasteiger partial charge is 0.222 e. The van der Waals surface area contributed by atoms with Crippen LogP contribution in [0.15, 0.2) is 30.5 Å². The Bertz CT molecular complexity index is 726. The number of amides is 1. The Hall–Kier alpha value is -2.21. The lowest BCUT2D eigenvalue weighted by Gasteiger charge is -2.20. The van der Waals surface area contributed by atoms with E-state index in [0.29, 0.717) is 12.8 Å². The molecule has 1 fully saturated rings. The first-order valence-electron chi connectivity index (χ1n) is 8.78. The van der Waals surface area contributed by atoms with Crippen molar-refractivity contribution in [3.05, 3.63) is 41.8 Å². The molecule has 0 spiro atoms. The van der Waals surface area contributed by atoms with Crippen molar-refractivity contribution >= 4 is 5.91 Å². The highest BCUT2D eigenvalue weighted by Crippen LogP contribution is 2.23. The summed E-state index contributed by atoms with van der Waals surface area (Å²) in [4.78, 5) is 16.8. The van der Waals surface area contributed by atoms with Gasteiger partial charge in [0, 0.05) is 44.9 Å². The van der Waals surface area contributed by atoms with Gasteiger partial charge in [-0.3, -0.25) is 9.48 Å². The molecule has 1 amide bonds. The monoisotopic (exact) mass is 344 g/mol. The number of hydrogen-bond donors (Lipinski definition) is 0. The third-order valence-corrected chi connectivity index (χ3v) is 4.70. The van der Waals surface area contributed by atoms with E-state index in [1.807, 2.05) is 18.1 Å². The van der Waals surface area contributed by atoms with Crippen molar-refractivity contribution in [2.24, 2.45) is 7.05 Å². The van der Waals surface area contributed by atoms with Gasteiger partial charge in [0.2, 0.25) is 5.91 Å². The van der Waals surface area contributed by atoms with Gasteiger partial charge in [0.05, 0.1) is 5.69 Å². The van der Waals surface area contributed by atoms with E-state index in [4.69, 9.17) is 0 Å². The van der Waals surface area contributed by atoms with E-state index in [2.05, 4.69) is 17.0 Å². The molecule has 6 heteroatoms. The van der Waals surface area contributed by atoms with Crippen molar-refractivity contribution in [3.63, 3.8) is 0 Å². The Morgan fingerprint density at radius 2 is 1.88 bits per heavy atom. The number of carbonyl (C=O) groups excluding carboxylic acids is 1. The van der Waals surface area contributed by atoms with Gasteiger partial charge in [-0.15, -0.1) is 0 Å². The fourth-order valence-corrected chi connectivity index (χ4v) is 3.27. The molecular weight excluding hydrogens is 319 g/mol. The maximum atomic E-state index is 13.1. The lowest BCUT2D eigenvalue weighted by Crippen LogP contribution is -2.34. The second-order valence-electron chi connectivity index (χ2n) is 6.72. The largest absolute Gasteiger partial charge is 0.341 e. The van der Waals surface area contributed by atoms with Gasteiger partial charge in [-0.2, -0.15) is 5.10 Å². The number of benzene rings is 1. The lowest BCUT2D eigenvalue weighted by molar-refractivity contribution is -0.131. The van der Waals surface area contributed by atoms with Crippen molar-refractivity contribution in [2.45, 2.75) is 19.3 Å². The molecule has 134 valence electrons. The summed E-state index contributed by atoms with van der Waals surface area (Å²) in [6.45, 7) is 3.61. The fourth-order valence-electron chi connectivity index (χ4n) is 3.27. The van der Waals surface area contributed by atoms with Gasteiger partial charge in [-0.1, -0.05) is 0 Å². The fraction of sp³-hybridized carbons (Fsp3) is 0.474. The standard InChI is InChI=1S/C19H25FN4O/c1-22-10-3-11-24(13-12-22)18(25)9-6-16-14-23(2)21-19(16)15-4-7-17(20)8-5-15/h4-5,7-8,14H,3,6,9-13H2,1-2H3. The Morgan fingerprint density at radius 3 is 2.64 bits per heavy atom. The molecule has 1 aliphatic heterocycles. The number of halogens is 1. The Morgan fingerprint density at radius 1 is 1.12 bits per heavy atom. The molecule has 2 heterocycles. The molecule has 0 bridgehead atoms. The molecule has 0 atom stereocenters. The van der Waals surface area contributed by atoms with Crippen molar-refractivity contribution in [3.8, 4) is 11.3 Å². The number of aromatic nitrogens is 2. The third-order valence-electron chi connectivity index (χ3n) is 4.70. The van der Waals surface area contributed by atoms with E-state index in [0.717, 1.165) is 49.4 Å². The van der Waals surface area contributed by atoms with Gasteiger partial charge in [0.15, 0.2) is 0 Å². The van der Waals surface area contributed by atoms with E-state index in [1.165, 1.54) is 12.1 Å². The molecule has 1 saturated heterocycles. The first kappa shape index (κ1) is 17.6. The number of carbonyl (C=O) groups is 1. The van der Waals surface area contributed by atoms with Gasteiger partial charge in [0.1, 0.15) is 5.82 Å². The second-order valence-corrected chi connectivity index (χ2v) is 6.72. The normalized spacial score (nSPS) is 16.0. The van der Waals surface area contributed by atoms with Crippen molar-refractivity contribution in [1.29, 1.82) is 0 Å². The van der Waals surface area contributed by atoms with Gasteiger partial charge in [0.25, 0.3) is 0 Å². The predicted molar refractivity (Wildman–Crippen MR) is 95.6 cm³/mol. The van der Waals surface area contributed by atoms with Crippen molar-refractivity contribution in [1.82, 2.24) is 19.6 Å². The van der Waals surface area contributed by atoms with Crippen LogP contribution in [0.3, 0.4) is 0 Å². The molecular formula is C19H25FN4O.